The standard InChI is InChI=1S/C26H24N4O3/c1-3-9-18-14-15-22(23(16-18)32-2)33-17-24(31)27-21-13-8-7-12-20(21)26-28-25(29-30-26)19-10-5-4-6-11-19/h3-16H,17H2,1-2H3,(H,27,31)(H,28,29,30)/b9-3+. The van der Waals surface area contributed by atoms with Gasteiger partial charge in [0, 0.05) is 11.1 Å². The summed E-state index contributed by atoms with van der Waals surface area (Å²) >= 11 is 0. The summed E-state index contributed by atoms with van der Waals surface area (Å²) in [5.74, 6) is 1.91. The molecule has 0 saturated carbocycles. The molecule has 1 aromatic heterocycles. The molecule has 0 aliphatic heterocycles. The van der Waals surface area contributed by atoms with E-state index in [9.17, 15) is 4.79 Å². The second-order valence-electron chi connectivity index (χ2n) is 7.17. The van der Waals surface area contributed by atoms with Crippen molar-refractivity contribution in [3.05, 3.63) is 84.4 Å². The van der Waals surface area contributed by atoms with Crippen LogP contribution in [0, 0.1) is 0 Å². The molecule has 0 aliphatic rings. The molecule has 4 rings (SSSR count). The largest absolute Gasteiger partial charge is 0.493 e. The van der Waals surface area contributed by atoms with Gasteiger partial charge in [-0.1, -0.05) is 60.7 Å². The maximum absolute atomic E-state index is 12.6. The van der Waals surface area contributed by atoms with Crippen LogP contribution in [0.25, 0.3) is 28.9 Å². The lowest BCUT2D eigenvalue weighted by atomic mass is 10.1. The van der Waals surface area contributed by atoms with Crippen LogP contribution in [0.4, 0.5) is 5.69 Å². The number of ether oxygens (including phenoxy) is 2. The van der Waals surface area contributed by atoms with Gasteiger partial charge in [0.1, 0.15) is 0 Å². The molecule has 166 valence electrons. The number of allylic oxidation sites excluding steroid dienone is 1. The highest BCUT2D eigenvalue weighted by Gasteiger charge is 2.14. The predicted octanol–water partition coefficient (Wildman–Crippen LogP) is 5.20. The average molecular weight is 441 g/mol. The van der Waals surface area contributed by atoms with E-state index < -0.39 is 0 Å². The Hall–Kier alpha value is -4.39. The lowest BCUT2D eigenvalue weighted by Gasteiger charge is -2.12. The molecular weight excluding hydrogens is 416 g/mol. The number of anilines is 1. The van der Waals surface area contributed by atoms with E-state index in [4.69, 9.17) is 9.47 Å². The first-order valence-corrected chi connectivity index (χ1v) is 10.5. The zero-order valence-corrected chi connectivity index (χ0v) is 18.4. The number of H-pyrrole nitrogens is 1. The van der Waals surface area contributed by atoms with Crippen molar-refractivity contribution in [2.75, 3.05) is 19.0 Å². The molecule has 0 fully saturated rings. The zero-order valence-electron chi connectivity index (χ0n) is 18.4. The van der Waals surface area contributed by atoms with E-state index in [1.165, 1.54) is 0 Å². The van der Waals surface area contributed by atoms with E-state index >= 15 is 0 Å². The smallest absolute Gasteiger partial charge is 0.262 e. The number of rotatable bonds is 8. The van der Waals surface area contributed by atoms with Crippen LogP contribution >= 0.6 is 0 Å². The Morgan fingerprint density at radius 2 is 1.82 bits per heavy atom. The van der Waals surface area contributed by atoms with Gasteiger partial charge < -0.3 is 14.8 Å². The molecular formula is C26H24N4O3. The fourth-order valence-corrected chi connectivity index (χ4v) is 3.33. The molecule has 0 unspecified atom stereocenters. The van der Waals surface area contributed by atoms with Crippen molar-refractivity contribution in [1.82, 2.24) is 15.2 Å². The summed E-state index contributed by atoms with van der Waals surface area (Å²) in [5.41, 5.74) is 3.23. The van der Waals surface area contributed by atoms with Crippen molar-refractivity contribution in [3.63, 3.8) is 0 Å². The molecule has 3 aromatic carbocycles. The molecule has 33 heavy (non-hydrogen) atoms. The number of para-hydroxylation sites is 1. The van der Waals surface area contributed by atoms with Gasteiger partial charge in [-0.2, -0.15) is 5.10 Å². The molecule has 0 atom stereocenters. The summed E-state index contributed by atoms with van der Waals surface area (Å²) in [5, 5.41) is 10.2. The first kappa shape index (κ1) is 21.8. The van der Waals surface area contributed by atoms with Gasteiger partial charge >= 0.3 is 0 Å². The van der Waals surface area contributed by atoms with E-state index in [-0.39, 0.29) is 12.5 Å². The second-order valence-corrected chi connectivity index (χ2v) is 7.17. The van der Waals surface area contributed by atoms with Gasteiger partial charge in [0.25, 0.3) is 5.91 Å². The molecule has 0 bridgehead atoms. The minimum atomic E-state index is -0.301. The molecule has 7 heteroatoms. The van der Waals surface area contributed by atoms with Crippen molar-refractivity contribution < 1.29 is 14.3 Å². The van der Waals surface area contributed by atoms with Crippen LogP contribution in [0.1, 0.15) is 12.5 Å². The number of carbonyl (C=O) groups excluding carboxylic acids is 1. The third-order valence-corrected chi connectivity index (χ3v) is 4.88. The summed E-state index contributed by atoms with van der Waals surface area (Å²) in [7, 11) is 1.57. The second kappa shape index (κ2) is 10.3. The average Bonchev–Trinajstić information content (AvgIpc) is 3.34. The van der Waals surface area contributed by atoms with E-state index in [2.05, 4.69) is 20.5 Å². The van der Waals surface area contributed by atoms with Gasteiger partial charge in [-0.15, -0.1) is 0 Å². The molecule has 2 N–H and O–H groups in total. The minimum Gasteiger partial charge on any atom is -0.493 e. The van der Waals surface area contributed by atoms with Crippen LogP contribution in [0.5, 0.6) is 11.5 Å². The van der Waals surface area contributed by atoms with Crippen molar-refractivity contribution in [1.29, 1.82) is 0 Å². The third kappa shape index (κ3) is 5.27. The van der Waals surface area contributed by atoms with Crippen LogP contribution in [0.2, 0.25) is 0 Å². The summed E-state index contributed by atoms with van der Waals surface area (Å²) in [6.45, 7) is 1.78. The number of carbonyl (C=O) groups is 1. The number of nitrogens with one attached hydrogen (secondary N) is 2. The van der Waals surface area contributed by atoms with Crippen molar-refractivity contribution in [2.24, 2.45) is 0 Å². The number of nitrogens with zero attached hydrogens (tertiary/aromatic N) is 2. The number of hydrogen-bond donors (Lipinski definition) is 2. The Morgan fingerprint density at radius 3 is 2.61 bits per heavy atom. The van der Waals surface area contributed by atoms with Crippen molar-refractivity contribution >= 4 is 17.7 Å². The maximum atomic E-state index is 12.6. The van der Waals surface area contributed by atoms with Gasteiger partial charge in [0.2, 0.25) is 0 Å². The lowest BCUT2D eigenvalue weighted by Crippen LogP contribution is -2.20. The van der Waals surface area contributed by atoms with E-state index in [1.807, 2.05) is 85.8 Å². The highest BCUT2D eigenvalue weighted by Crippen LogP contribution is 2.29. The number of aromatic nitrogens is 3. The number of aromatic amines is 1. The van der Waals surface area contributed by atoms with Gasteiger partial charge in [0.15, 0.2) is 29.8 Å². The number of amides is 1. The van der Waals surface area contributed by atoms with E-state index in [0.29, 0.717) is 28.8 Å². The fourth-order valence-electron chi connectivity index (χ4n) is 3.33. The lowest BCUT2D eigenvalue weighted by molar-refractivity contribution is -0.118. The zero-order chi connectivity index (χ0) is 23.0. The maximum Gasteiger partial charge on any atom is 0.262 e. The van der Waals surface area contributed by atoms with Crippen LogP contribution in [-0.2, 0) is 4.79 Å². The van der Waals surface area contributed by atoms with Crippen LogP contribution < -0.4 is 14.8 Å². The van der Waals surface area contributed by atoms with Crippen LogP contribution in [0.15, 0.2) is 78.9 Å². The monoisotopic (exact) mass is 440 g/mol. The normalized spacial score (nSPS) is 10.8. The Labute approximate surface area is 192 Å². The van der Waals surface area contributed by atoms with Gasteiger partial charge in [-0.3, -0.25) is 9.89 Å². The minimum absolute atomic E-state index is 0.167. The van der Waals surface area contributed by atoms with Gasteiger partial charge in [-0.25, -0.2) is 4.98 Å². The summed E-state index contributed by atoms with van der Waals surface area (Å²) in [6.07, 6.45) is 3.90. The molecule has 0 radical (unpaired) electrons. The van der Waals surface area contributed by atoms with Gasteiger partial charge in [-0.05, 0) is 36.8 Å². The highest BCUT2D eigenvalue weighted by atomic mass is 16.5. The Bertz CT molecular complexity index is 1270. The molecule has 0 spiro atoms. The summed E-state index contributed by atoms with van der Waals surface area (Å²) < 4.78 is 11.1. The first-order valence-electron chi connectivity index (χ1n) is 10.5. The highest BCUT2D eigenvalue weighted by molar-refractivity contribution is 5.95. The predicted molar refractivity (Wildman–Crippen MR) is 129 cm³/mol. The van der Waals surface area contributed by atoms with Crippen molar-refractivity contribution in [3.8, 4) is 34.3 Å². The number of methoxy groups -OCH3 is 1. The van der Waals surface area contributed by atoms with E-state index in [1.54, 1.807) is 13.2 Å². The first-order chi connectivity index (χ1) is 16.2. The molecule has 0 aliphatic carbocycles. The summed E-state index contributed by atoms with van der Waals surface area (Å²) in [6, 6.07) is 22.6. The van der Waals surface area contributed by atoms with Crippen molar-refractivity contribution in [2.45, 2.75) is 6.92 Å². The Balaban J connectivity index is 1.46. The van der Waals surface area contributed by atoms with Crippen LogP contribution in [0.3, 0.4) is 0 Å². The van der Waals surface area contributed by atoms with E-state index in [0.717, 1.165) is 16.7 Å². The van der Waals surface area contributed by atoms with Gasteiger partial charge in [0.05, 0.1) is 12.8 Å². The Morgan fingerprint density at radius 1 is 1.03 bits per heavy atom. The fraction of sp³-hybridized carbons (Fsp3) is 0.115. The SMILES string of the molecule is C/C=C/c1ccc(OCC(=O)Nc2ccccc2-c2nc(-c3ccccc3)n[nH]2)c(OC)c1. The number of hydrogen-bond acceptors (Lipinski definition) is 5. The van der Waals surface area contributed by atoms with Crippen LogP contribution in [-0.4, -0.2) is 34.8 Å². The molecule has 1 amide bonds. The molecule has 4 aromatic rings. The molecule has 1 heterocycles. The number of benzene rings is 3. The third-order valence-electron chi connectivity index (χ3n) is 4.88. The topological polar surface area (TPSA) is 89.1 Å². The molecule has 0 saturated heterocycles. The summed E-state index contributed by atoms with van der Waals surface area (Å²) in [4.78, 5) is 17.2. The Kier molecular flexibility index (Phi) is 6.80. The quantitative estimate of drug-likeness (QED) is 0.393. The molecule has 7 nitrogen and oxygen atoms in total.